The highest BCUT2D eigenvalue weighted by Crippen LogP contribution is 2.05. The summed E-state index contributed by atoms with van der Waals surface area (Å²) in [7, 11) is 1.64. The second-order valence-corrected chi connectivity index (χ2v) is 4.09. The number of amides is 1. The molecule has 0 aromatic heterocycles. The maximum atomic E-state index is 11.5. The topological polar surface area (TPSA) is 64.3 Å². The number of hydrogen-bond acceptors (Lipinski definition) is 3. The standard InChI is InChI=1S/C11H24N2O2/c1-9(2)10(6-7-12)13-11(14)5-4-8-15-3/h9-10H,4-8,12H2,1-3H3,(H,13,14). The Morgan fingerprint density at radius 1 is 1.47 bits per heavy atom. The zero-order chi connectivity index (χ0) is 11.7. The Labute approximate surface area is 92.6 Å². The third kappa shape index (κ3) is 7.33. The predicted molar refractivity (Wildman–Crippen MR) is 61.6 cm³/mol. The molecule has 0 aliphatic heterocycles. The van der Waals surface area contributed by atoms with Crippen molar-refractivity contribution in [2.24, 2.45) is 11.7 Å². The molecule has 0 saturated heterocycles. The van der Waals surface area contributed by atoms with E-state index in [1.807, 2.05) is 0 Å². The number of nitrogens with two attached hydrogens (primary N) is 1. The Hall–Kier alpha value is -0.610. The van der Waals surface area contributed by atoms with E-state index in [9.17, 15) is 4.79 Å². The summed E-state index contributed by atoms with van der Waals surface area (Å²) >= 11 is 0. The van der Waals surface area contributed by atoms with Gasteiger partial charge in [0.25, 0.3) is 0 Å². The van der Waals surface area contributed by atoms with Crippen LogP contribution in [0.2, 0.25) is 0 Å². The van der Waals surface area contributed by atoms with Crippen LogP contribution in [0.4, 0.5) is 0 Å². The van der Waals surface area contributed by atoms with Crippen LogP contribution in [0.5, 0.6) is 0 Å². The normalized spacial score (nSPS) is 12.9. The first-order valence-electron chi connectivity index (χ1n) is 5.60. The molecule has 4 heteroatoms. The third-order valence-electron chi connectivity index (χ3n) is 2.38. The van der Waals surface area contributed by atoms with E-state index in [-0.39, 0.29) is 11.9 Å². The minimum Gasteiger partial charge on any atom is -0.385 e. The van der Waals surface area contributed by atoms with Crippen molar-refractivity contribution in [3.63, 3.8) is 0 Å². The Kier molecular flexibility index (Phi) is 8.33. The molecule has 0 aromatic carbocycles. The van der Waals surface area contributed by atoms with Crippen molar-refractivity contribution >= 4 is 5.91 Å². The molecule has 0 radical (unpaired) electrons. The molecule has 90 valence electrons. The average molecular weight is 216 g/mol. The first-order valence-corrected chi connectivity index (χ1v) is 5.60. The lowest BCUT2D eigenvalue weighted by Gasteiger charge is -2.21. The smallest absolute Gasteiger partial charge is 0.220 e. The van der Waals surface area contributed by atoms with Crippen LogP contribution in [0, 0.1) is 5.92 Å². The lowest BCUT2D eigenvalue weighted by atomic mass is 10.0. The van der Waals surface area contributed by atoms with Crippen LogP contribution >= 0.6 is 0 Å². The van der Waals surface area contributed by atoms with Crippen LogP contribution in [0.3, 0.4) is 0 Å². The number of rotatable bonds is 8. The maximum Gasteiger partial charge on any atom is 0.220 e. The van der Waals surface area contributed by atoms with Crippen molar-refractivity contribution in [2.75, 3.05) is 20.3 Å². The van der Waals surface area contributed by atoms with Gasteiger partial charge in [-0.05, 0) is 25.3 Å². The molecule has 1 atom stereocenters. The number of methoxy groups -OCH3 is 1. The van der Waals surface area contributed by atoms with Crippen molar-refractivity contribution in [1.29, 1.82) is 0 Å². The van der Waals surface area contributed by atoms with Gasteiger partial charge in [-0.2, -0.15) is 0 Å². The van der Waals surface area contributed by atoms with E-state index in [2.05, 4.69) is 19.2 Å². The molecule has 0 saturated carbocycles. The zero-order valence-electron chi connectivity index (χ0n) is 10.1. The van der Waals surface area contributed by atoms with Crippen LogP contribution in [-0.4, -0.2) is 32.2 Å². The molecule has 0 rings (SSSR count). The van der Waals surface area contributed by atoms with Gasteiger partial charge >= 0.3 is 0 Å². The fourth-order valence-electron chi connectivity index (χ4n) is 1.41. The fourth-order valence-corrected chi connectivity index (χ4v) is 1.41. The molecule has 0 heterocycles. The number of hydrogen-bond donors (Lipinski definition) is 2. The largest absolute Gasteiger partial charge is 0.385 e. The van der Waals surface area contributed by atoms with E-state index < -0.39 is 0 Å². The van der Waals surface area contributed by atoms with E-state index >= 15 is 0 Å². The van der Waals surface area contributed by atoms with Crippen molar-refractivity contribution in [2.45, 2.75) is 39.2 Å². The molecule has 1 unspecified atom stereocenters. The van der Waals surface area contributed by atoms with Gasteiger partial charge in [-0.3, -0.25) is 4.79 Å². The molecule has 0 fully saturated rings. The summed E-state index contributed by atoms with van der Waals surface area (Å²) in [5.41, 5.74) is 5.49. The molecule has 1 amide bonds. The average Bonchev–Trinajstić information content (AvgIpc) is 2.17. The second-order valence-electron chi connectivity index (χ2n) is 4.09. The molecule has 15 heavy (non-hydrogen) atoms. The molecule has 0 aliphatic carbocycles. The third-order valence-corrected chi connectivity index (χ3v) is 2.38. The van der Waals surface area contributed by atoms with Gasteiger partial charge in [-0.15, -0.1) is 0 Å². The molecular formula is C11H24N2O2. The van der Waals surface area contributed by atoms with Crippen LogP contribution in [0.1, 0.15) is 33.1 Å². The van der Waals surface area contributed by atoms with Crippen LogP contribution in [-0.2, 0) is 9.53 Å². The van der Waals surface area contributed by atoms with E-state index in [1.165, 1.54) is 0 Å². The Bertz CT molecular complexity index is 172. The van der Waals surface area contributed by atoms with Gasteiger partial charge in [-0.25, -0.2) is 0 Å². The zero-order valence-corrected chi connectivity index (χ0v) is 10.1. The Balaban J connectivity index is 3.78. The van der Waals surface area contributed by atoms with Crippen LogP contribution in [0.15, 0.2) is 0 Å². The highest BCUT2D eigenvalue weighted by molar-refractivity contribution is 5.76. The highest BCUT2D eigenvalue weighted by atomic mass is 16.5. The van der Waals surface area contributed by atoms with Gasteiger partial charge in [-0.1, -0.05) is 13.8 Å². The second kappa shape index (κ2) is 8.68. The Morgan fingerprint density at radius 3 is 2.60 bits per heavy atom. The van der Waals surface area contributed by atoms with Crippen molar-refractivity contribution in [1.82, 2.24) is 5.32 Å². The van der Waals surface area contributed by atoms with Crippen molar-refractivity contribution < 1.29 is 9.53 Å². The number of carbonyl (C=O) groups excluding carboxylic acids is 1. The summed E-state index contributed by atoms with van der Waals surface area (Å²) < 4.78 is 4.89. The summed E-state index contributed by atoms with van der Waals surface area (Å²) in [5.74, 6) is 0.527. The summed E-state index contributed by atoms with van der Waals surface area (Å²) in [5, 5.41) is 3.00. The van der Waals surface area contributed by atoms with E-state index in [0.29, 0.717) is 25.5 Å². The summed E-state index contributed by atoms with van der Waals surface area (Å²) in [6.45, 7) is 5.43. The number of nitrogens with one attached hydrogen (secondary N) is 1. The predicted octanol–water partition coefficient (Wildman–Crippen LogP) is 0.903. The lowest BCUT2D eigenvalue weighted by molar-refractivity contribution is -0.122. The summed E-state index contributed by atoms with van der Waals surface area (Å²) in [4.78, 5) is 11.5. The molecule has 0 aliphatic rings. The first-order chi connectivity index (χ1) is 7.11. The van der Waals surface area contributed by atoms with E-state index in [4.69, 9.17) is 10.5 Å². The van der Waals surface area contributed by atoms with Crippen molar-refractivity contribution in [3.05, 3.63) is 0 Å². The van der Waals surface area contributed by atoms with E-state index in [1.54, 1.807) is 7.11 Å². The number of carbonyl (C=O) groups is 1. The van der Waals surface area contributed by atoms with Gasteiger partial charge in [0.05, 0.1) is 0 Å². The summed E-state index contributed by atoms with van der Waals surface area (Å²) in [6.07, 6.45) is 2.14. The lowest BCUT2D eigenvalue weighted by Crippen LogP contribution is -2.39. The quantitative estimate of drug-likeness (QED) is 0.593. The molecular weight excluding hydrogens is 192 g/mol. The Morgan fingerprint density at radius 2 is 2.13 bits per heavy atom. The van der Waals surface area contributed by atoms with Crippen LogP contribution < -0.4 is 11.1 Å². The van der Waals surface area contributed by atoms with Gasteiger partial charge in [0.1, 0.15) is 0 Å². The van der Waals surface area contributed by atoms with Gasteiger partial charge in [0, 0.05) is 26.2 Å². The molecule has 0 aromatic rings. The summed E-state index contributed by atoms with van der Waals surface area (Å²) in [6, 6.07) is 0.199. The number of ether oxygens (including phenoxy) is 1. The van der Waals surface area contributed by atoms with Gasteiger partial charge in [0.2, 0.25) is 5.91 Å². The minimum atomic E-state index is 0.0965. The van der Waals surface area contributed by atoms with E-state index in [0.717, 1.165) is 12.8 Å². The SMILES string of the molecule is COCCCC(=O)NC(CCN)C(C)C. The monoisotopic (exact) mass is 216 g/mol. The van der Waals surface area contributed by atoms with Crippen molar-refractivity contribution in [3.8, 4) is 0 Å². The highest BCUT2D eigenvalue weighted by Gasteiger charge is 2.14. The van der Waals surface area contributed by atoms with Gasteiger partial charge < -0.3 is 15.8 Å². The molecule has 4 nitrogen and oxygen atoms in total. The maximum absolute atomic E-state index is 11.5. The molecule has 3 N–H and O–H groups in total. The van der Waals surface area contributed by atoms with Gasteiger partial charge in [0.15, 0.2) is 0 Å². The van der Waals surface area contributed by atoms with Crippen LogP contribution in [0.25, 0.3) is 0 Å². The molecule has 0 bridgehead atoms. The fraction of sp³-hybridized carbons (Fsp3) is 0.909. The minimum absolute atomic E-state index is 0.0965. The first kappa shape index (κ1) is 14.4. The molecule has 0 spiro atoms.